The zero-order valence-corrected chi connectivity index (χ0v) is 17.1. The Morgan fingerprint density at radius 3 is 2.44 bits per heavy atom. The first kappa shape index (κ1) is 19.8. The number of carbonyl (C=O) groups excluding carboxylic acids is 2. The van der Waals surface area contributed by atoms with Crippen molar-refractivity contribution in [3.05, 3.63) is 11.8 Å². The zero-order chi connectivity index (χ0) is 19.8. The lowest BCUT2D eigenvalue weighted by Crippen LogP contribution is -2.60. The number of hydrogen-bond donors (Lipinski definition) is 0. The molecule has 0 aromatic carbocycles. The Morgan fingerprint density at radius 1 is 1.22 bits per heavy atom. The van der Waals surface area contributed by atoms with Crippen molar-refractivity contribution in [3.8, 4) is 0 Å². The maximum atomic E-state index is 13.2. The highest BCUT2D eigenvalue weighted by molar-refractivity contribution is 5.97. The molecule has 1 unspecified atom stereocenters. The number of methoxy groups -OCH3 is 1. The van der Waals surface area contributed by atoms with Crippen LogP contribution in [0.4, 0.5) is 5.82 Å². The summed E-state index contributed by atoms with van der Waals surface area (Å²) in [5.74, 6) is 1.01. The summed E-state index contributed by atoms with van der Waals surface area (Å²) in [5.41, 5.74) is 0.104. The smallest absolute Gasteiger partial charge is 0.254 e. The normalized spacial score (nSPS) is 22.4. The van der Waals surface area contributed by atoms with Crippen LogP contribution in [0, 0.1) is 6.92 Å². The van der Waals surface area contributed by atoms with Crippen LogP contribution in [0.25, 0.3) is 0 Å². The fourth-order valence-electron chi connectivity index (χ4n) is 3.98. The summed E-state index contributed by atoms with van der Waals surface area (Å²) in [6.07, 6.45) is 1.83. The van der Waals surface area contributed by atoms with E-state index in [1.54, 1.807) is 25.6 Å². The van der Waals surface area contributed by atoms with E-state index in [9.17, 15) is 9.59 Å². The molecule has 0 aliphatic carbocycles. The molecule has 0 spiro atoms. The molecule has 0 radical (unpaired) electrons. The summed E-state index contributed by atoms with van der Waals surface area (Å²) in [4.78, 5) is 31.7. The van der Waals surface area contributed by atoms with Gasteiger partial charge in [0.1, 0.15) is 11.4 Å². The molecule has 3 heterocycles. The minimum atomic E-state index is -0.809. The Balaban J connectivity index is 1.65. The van der Waals surface area contributed by atoms with Crippen molar-refractivity contribution in [1.82, 2.24) is 19.6 Å². The topological polar surface area (TPSA) is 70.9 Å². The van der Waals surface area contributed by atoms with Gasteiger partial charge in [0, 0.05) is 52.9 Å². The van der Waals surface area contributed by atoms with Crippen molar-refractivity contribution in [2.45, 2.75) is 45.3 Å². The minimum Gasteiger partial charge on any atom is -0.369 e. The number of rotatable bonds is 4. The monoisotopic (exact) mass is 377 g/mol. The van der Waals surface area contributed by atoms with E-state index < -0.39 is 5.60 Å². The van der Waals surface area contributed by atoms with E-state index in [-0.39, 0.29) is 17.9 Å². The van der Waals surface area contributed by atoms with Crippen LogP contribution in [0.15, 0.2) is 6.07 Å². The molecular formula is C19H31N5O3. The van der Waals surface area contributed by atoms with E-state index in [0.717, 1.165) is 30.9 Å². The van der Waals surface area contributed by atoms with Crippen molar-refractivity contribution in [2.75, 3.05) is 44.7 Å². The molecule has 150 valence electrons. The van der Waals surface area contributed by atoms with Crippen LogP contribution >= 0.6 is 0 Å². The van der Waals surface area contributed by atoms with E-state index in [1.165, 1.54) is 0 Å². The second-order valence-corrected chi connectivity index (χ2v) is 7.96. The molecule has 3 rings (SSSR count). The predicted molar refractivity (Wildman–Crippen MR) is 103 cm³/mol. The number of ether oxygens (including phenoxy) is 1. The maximum absolute atomic E-state index is 13.2. The number of piperidine rings is 1. The SMILES string of the molecule is COC(C)(C)C(=O)N1CCN(C2CCCN(c3cc(C)nn3C)C2=O)CC1. The first-order valence-electron chi connectivity index (χ1n) is 9.65. The number of amides is 2. The maximum Gasteiger partial charge on any atom is 0.254 e. The molecule has 8 nitrogen and oxygen atoms in total. The van der Waals surface area contributed by atoms with Crippen LogP contribution in [0.2, 0.25) is 0 Å². The van der Waals surface area contributed by atoms with Gasteiger partial charge < -0.3 is 9.64 Å². The summed E-state index contributed by atoms with van der Waals surface area (Å²) < 4.78 is 7.09. The molecule has 2 amide bonds. The molecule has 1 atom stereocenters. The van der Waals surface area contributed by atoms with E-state index in [1.807, 2.05) is 29.8 Å². The summed E-state index contributed by atoms with van der Waals surface area (Å²) in [7, 11) is 3.44. The molecule has 2 aliphatic rings. The highest BCUT2D eigenvalue weighted by Crippen LogP contribution is 2.25. The number of nitrogens with zero attached hydrogens (tertiary/aromatic N) is 5. The Kier molecular flexibility index (Phi) is 5.58. The highest BCUT2D eigenvalue weighted by Gasteiger charge is 2.39. The highest BCUT2D eigenvalue weighted by atomic mass is 16.5. The van der Waals surface area contributed by atoms with Crippen LogP contribution in [0.3, 0.4) is 0 Å². The number of carbonyl (C=O) groups is 2. The van der Waals surface area contributed by atoms with Gasteiger partial charge in [-0.1, -0.05) is 0 Å². The largest absolute Gasteiger partial charge is 0.369 e. The number of aromatic nitrogens is 2. The molecule has 2 saturated heterocycles. The van der Waals surface area contributed by atoms with Gasteiger partial charge in [0.05, 0.1) is 11.7 Å². The van der Waals surface area contributed by atoms with Crippen molar-refractivity contribution >= 4 is 17.6 Å². The number of anilines is 1. The van der Waals surface area contributed by atoms with Crippen LogP contribution in [0.1, 0.15) is 32.4 Å². The minimum absolute atomic E-state index is 0.00612. The van der Waals surface area contributed by atoms with Gasteiger partial charge in [0.25, 0.3) is 5.91 Å². The summed E-state index contributed by atoms with van der Waals surface area (Å²) in [5, 5.41) is 4.37. The van der Waals surface area contributed by atoms with Gasteiger partial charge in [-0.2, -0.15) is 5.10 Å². The van der Waals surface area contributed by atoms with E-state index in [4.69, 9.17) is 4.74 Å². The molecule has 8 heteroatoms. The molecule has 1 aromatic rings. The second-order valence-electron chi connectivity index (χ2n) is 7.96. The molecule has 0 bridgehead atoms. The van der Waals surface area contributed by atoms with Gasteiger partial charge in [0.2, 0.25) is 5.91 Å². The standard InChI is InChI=1S/C19H31N5O3/c1-14-13-16(21(4)20-14)24-8-6-7-15(17(24)25)22-9-11-23(12-10-22)18(26)19(2,3)27-5/h13,15H,6-12H2,1-5H3. The van der Waals surface area contributed by atoms with Crippen LogP contribution < -0.4 is 4.90 Å². The van der Waals surface area contributed by atoms with Crippen LogP contribution in [0.5, 0.6) is 0 Å². The van der Waals surface area contributed by atoms with E-state index >= 15 is 0 Å². The Bertz CT molecular complexity index is 706. The van der Waals surface area contributed by atoms with Gasteiger partial charge in [-0.3, -0.25) is 24.1 Å². The Hall–Kier alpha value is -1.93. The fraction of sp³-hybridized carbons (Fsp3) is 0.737. The molecule has 2 fully saturated rings. The summed E-state index contributed by atoms with van der Waals surface area (Å²) >= 11 is 0. The average molecular weight is 377 g/mol. The van der Waals surface area contributed by atoms with Crippen LogP contribution in [-0.2, 0) is 21.4 Å². The molecule has 1 aromatic heterocycles. The number of hydrogen-bond acceptors (Lipinski definition) is 5. The van der Waals surface area contributed by atoms with Gasteiger partial charge in [-0.15, -0.1) is 0 Å². The predicted octanol–water partition coefficient (Wildman–Crippen LogP) is 0.793. The third-order valence-electron chi connectivity index (χ3n) is 5.73. The van der Waals surface area contributed by atoms with Gasteiger partial charge >= 0.3 is 0 Å². The lowest BCUT2D eigenvalue weighted by molar-refractivity contribution is -0.153. The molecule has 2 aliphatic heterocycles. The van der Waals surface area contributed by atoms with Gasteiger partial charge in [0.15, 0.2) is 0 Å². The van der Waals surface area contributed by atoms with Crippen LogP contribution in [-0.4, -0.2) is 82.9 Å². The lowest BCUT2D eigenvalue weighted by atomic mass is 10.0. The second kappa shape index (κ2) is 7.59. The van der Waals surface area contributed by atoms with Gasteiger partial charge in [-0.25, -0.2) is 0 Å². The molecule has 27 heavy (non-hydrogen) atoms. The van der Waals surface area contributed by atoms with Gasteiger partial charge in [-0.05, 0) is 33.6 Å². The Morgan fingerprint density at radius 2 is 1.89 bits per heavy atom. The number of piperazine rings is 1. The number of aryl methyl sites for hydroxylation is 2. The third kappa shape index (κ3) is 3.87. The van der Waals surface area contributed by atoms with Crippen molar-refractivity contribution < 1.29 is 14.3 Å². The fourth-order valence-corrected chi connectivity index (χ4v) is 3.98. The first-order chi connectivity index (χ1) is 12.7. The van der Waals surface area contributed by atoms with E-state index in [2.05, 4.69) is 10.00 Å². The van der Waals surface area contributed by atoms with E-state index in [0.29, 0.717) is 26.2 Å². The summed E-state index contributed by atoms with van der Waals surface area (Å²) in [6, 6.07) is 1.84. The third-order valence-corrected chi connectivity index (χ3v) is 5.73. The zero-order valence-electron chi connectivity index (χ0n) is 17.1. The van der Waals surface area contributed by atoms with Crippen molar-refractivity contribution in [3.63, 3.8) is 0 Å². The average Bonchev–Trinajstić information content (AvgIpc) is 2.99. The molecule has 0 N–H and O–H groups in total. The van der Waals surface area contributed by atoms with Crippen molar-refractivity contribution in [1.29, 1.82) is 0 Å². The van der Waals surface area contributed by atoms with Crippen molar-refractivity contribution in [2.24, 2.45) is 7.05 Å². The quantitative estimate of drug-likeness (QED) is 0.776. The molecule has 0 saturated carbocycles. The Labute approximate surface area is 161 Å². The summed E-state index contributed by atoms with van der Waals surface area (Å²) in [6.45, 7) is 8.92. The lowest BCUT2D eigenvalue weighted by Gasteiger charge is -2.43. The molecular weight excluding hydrogens is 346 g/mol. The first-order valence-corrected chi connectivity index (χ1v) is 9.65.